The van der Waals surface area contributed by atoms with Crippen molar-refractivity contribution < 1.29 is 9.47 Å². The molecule has 2 rings (SSSR count). The summed E-state index contributed by atoms with van der Waals surface area (Å²) >= 11 is 14.1. The van der Waals surface area contributed by atoms with Gasteiger partial charge < -0.3 is 9.47 Å². The summed E-state index contributed by atoms with van der Waals surface area (Å²) in [5.41, 5.74) is 0. The van der Waals surface area contributed by atoms with Crippen LogP contribution in [0.15, 0.2) is 14.3 Å². The Hall–Kier alpha value is 0.870. The summed E-state index contributed by atoms with van der Waals surface area (Å²) < 4.78 is 13.1. The molecule has 1 aliphatic heterocycles. The molecule has 0 N–H and O–H groups in total. The Labute approximate surface area is 108 Å². The van der Waals surface area contributed by atoms with Crippen molar-refractivity contribution in [3.8, 4) is 0 Å². The Bertz CT molecular complexity index is 312. The second-order valence-corrected chi connectivity index (χ2v) is 6.41. The van der Waals surface area contributed by atoms with Crippen LogP contribution >= 0.6 is 54.8 Å². The molecule has 0 spiro atoms. The summed E-state index contributed by atoms with van der Waals surface area (Å²) in [6.07, 6.45) is -0.243. The largest absolute Gasteiger partial charge is 0.345 e. The zero-order valence-electron chi connectivity index (χ0n) is 7.00. The van der Waals surface area contributed by atoms with Gasteiger partial charge >= 0.3 is 0 Å². The van der Waals surface area contributed by atoms with Crippen LogP contribution < -0.4 is 0 Å². The van der Waals surface area contributed by atoms with Crippen molar-refractivity contribution >= 4 is 54.8 Å². The minimum atomic E-state index is -0.258. The van der Waals surface area contributed by atoms with E-state index in [0.717, 1.165) is 13.1 Å². The summed E-state index contributed by atoms with van der Waals surface area (Å²) in [5, 5.41) is 0. The van der Waals surface area contributed by atoms with Gasteiger partial charge in [-0.2, -0.15) is 0 Å². The highest BCUT2D eigenvalue weighted by atomic mass is 79.9. The van der Waals surface area contributed by atoms with Gasteiger partial charge in [-0.25, -0.2) is 0 Å². The molecule has 0 saturated carbocycles. The van der Waals surface area contributed by atoms with Crippen molar-refractivity contribution in [3.05, 3.63) is 19.2 Å². The SMILES string of the molecule is ClCC1COC(c2cc(Br)c(Br)s2)O1. The number of alkyl halides is 1. The minimum Gasteiger partial charge on any atom is -0.345 e. The lowest BCUT2D eigenvalue weighted by Gasteiger charge is -2.06. The highest BCUT2D eigenvalue weighted by Crippen LogP contribution is 2.39. The first kappa shape index (κ1) is 11.4. The molecule has 0 aliphatic carbocycles. The molecule has 0 amide bonds. The lowest BCUT2D eigenvalue weighted by atomic mass is 10.4. The summed E-state index contributed by atoms with van der Waals surface area (Å²) in [5.74, 6) is 0.476. The molecule has 1 fully saturated rings. The molecule has 1 aromatic heterocycles. The van der Waals surface area contributed by atoms with Crippen LogP contribution in [0.5, 0.6) is 0 Å². The third-order valence-electron chi connectivity index (χ3n) is 1.82. The Morgan fingerprint density at radius 1 is 1.57 bits per heavy atom. The monoisotopic (exact) mass is 360 g/mol. The van der Waals surface area contributed by atoms with Crippen molar-refractivity contribution in [1.29, 1.82) is 0 Å². The van der Waals surface area contributed by atoms with E-state index in [1.165, 1.54) is 0 Å². The molecule has 1 aliphatic rings. The zero-order chi connectivity index (χ0) is 10.1. The van der Waals surface area contributed by atoms with Crippen molar-refractivity contribution in [1.82, 2.24) is 0 Å². The van der Waals surface area contributed by atoms with E-state index >= 15 is 0 Å². The Morgan fingerprint density at radius 3 is 2.86 bits per heavy atom. The van der Waals surface area contributed by atoms with Gasteiger partial charge in [-0.1, -0.05) is 0 Å². The van der Waals surface area contributed by atoms with Gasteiger partial charge in [0.15, 0.2) is 6.29 Å². The van der Waals surface area contributed by atoms with Crippen LogP contribution in [0.4, 0.5) is 0 Å². The summed E-state index contributed by atoms with van der Waals surface area (Å²) in [7, 11) is 0. The van der Waals surface area contributed by atoms with Crippen molar-refractivity contribution in [2.45, 2.75) is 12.4 Å². The molecular weight excluding hydrogens is 355 g/mol. The Morgan fingerprint density at radius 2 is 2.36 bits per heavy atom. The van der Waals surface area contributed by atoms with Crippen LogP contribution in [-0.4, -0.2) is 18.6 Å². The van der Waals surface area contributed by atoms with Gasteiger partial charge in [0.05, 0.1) is 27.3 Å². The van der Waals surface area contributed by atoms with Gasteiger partial charge in [0.25, 0.3) is 0 Å². The van der Waals surface area contributed by atoms with E-state index in [-0.39, 0.29) is 12.4 Å². The lowest BCUT2D eigenvalue weighted by Crippen LogP contribution is -2.10. The van der Waals surface area contributed by atoms with Crippen LogP contribution in [0.3, 0.4) is 0 Å². The topological polar surface area (TPSA) is 18.5 Å². The van der Waals surface area contributed by atoms with Crippen molar-refractivity contribution in [3.63, 3.8) is 0 Å². The molecular formula is C8H7Br2ClO2S. The fourth-order valence-corrected chi connectivity index (χ4v) is 3.40. The van der Waals surface area contributed by atoms with E-state index in [1.807, 2.05) is 6.07 Å². The second-order valence-electron chi connectivity index (χ2n) is 2.85. The molecule has 14 heavy (non-hydrogen) atoms. The summed E-state index contributed by atoms with van der Waals surface area (Å²) in [4.78, 5) is 1.05. The van der Waals surface area contributed by atoms with Crippen LogP contribution in [0.2, 0.25) is 0 Å². The number of hydrogen-bond donors (Lipinski definition) is 0. The molecule has 0 aromatic carbocycles. The third kappa shape index (κ3) is 2.33. The summed E-state index contributed by atoms with van der Waals surface area (Å²) in [6.45, 7) is 0.571. The Kier molecular flexibility index (Phi) is 3.90. The van der Waals surface area contributed by atoms with Crippen molar-refractivity contribution in [2.75, 3.05) is 12.5 Å². The highest BCUT2D eigenvalue weighted by molar-refractivity contribution is 9.13. The number of halogens is 3. The van der Waals surface area contributed by atoms with Gasteiger partial charge in [-0.15, -0.1) is 22.9 Å². The van der Waals surface area contributed by atoms with Gasteiger partial charge in [-0.3, -0.25) is 0 Å². The Balaban J connectivity index is 2.09. The first-order valence-electron chi connectivity index (χ1n) is 3.98. The molecule has 6 heteroatoms. The van der Waals surface area contributed by atoms with Gasteiger partial charge in [0, 0.05) is 4.47 Å². The van der Waals surface area contributed by atoms with E-state index in [0.29, 0.717) is 12.5 Å². The smallest absolute Gasteiger partial charge is 0.193 e. The zero-order valence-corrected chi connectivity index (χ0v) is 11.7. The maximum atomic E-state index is 5.68. The van der Waals surface area contributed by atoms with E-state index in [2.05, 4.69) is 31.9 Å². The average molecular weight is 362 g/mol. The predicted molar refractivity (Wildman–Crippen MR) is 64.0 cm³/mol. The highest BCUT2D eigenvalue weighted by Gasteiger charge is 2.28. The minimum absolute atomic E-state index is 0.0151. The molecule has 78 valence electrons. The summed E-state index contributed by atoms with van der Waals surface area (Å²) in [6, 6.07) is 2.00. The van der Waals surface area contributed by atoms with Crippen LogP contribution in [0, 0.1) is 0 Å². The molecule has 2 atom stereocenters. The fraction of sp³-hybridized carbons (Fsp3) is 0.500. The maximum absolute atomic E-state index is 5.68. The molecule has 2 unspecified atom stereocenters. The molecule has 2 nitrogen and oxygen atoms in total. The quantitative estimate of drug-likeness (QED) is 0.743. The predicted octanol–water partition coefficient (Wildman–Crippen LogP) is 3.93. The standard InChI is InChI=1S/C8H7Br2ClO2S/c9-5-1-6(14-7(5)10)8-12-3-4(2-11)13-8/h1,4,8H,2-3H2. The van der Waals surface area contributed by atoms with Crippen molar-refractivity contribution in [2.24, 2.45) is 0 Å². The molecule has 1 saturated heterocycles. The third-order valence-corrected chi connectivity index (χ3v) is 5.44. The van der Waals surface area contributed by atoms with E-state index in [4.69, 9.17) is 21.1 Å². The van der Waals surface area contributed by atoms with E-state index < -0.39 is 0 Å². The number of ether oxygens (including phenoxy) is 2. The second kappa shape index (κ2) is 4.80. The lowest BCUT2D eigenvalue weighted by molar-refractivity contribution is -0.0540. The van der Waals surface area contributed by atoms with Gasteiger partial charge in [-0.05, 0) is 37.9 Å². The average Bonchev–Trinajstić information content (AvgIpc) is 2.74. The molecule has 2 heterocycles. The number of thiophene rings is 1. The maximum Gasteiger partial charge on any atom is 0.193 e. The van der Waals surface area contributed by atoms with E-state index in [1.54, 1.807) is 11.3 Å². The first-order valence-corrected chi connectivity index (χ1v) is 6.92. The van der Waals surface area contributed by atoms with Gasteiger partial charge in [0.2, 0.25) is 0 Å². The van der Waals surface area contributed by atoms with Gasteiger partial charge in [0.1, 0.15) is 0 Å². The normalized spacial score (nSPS) is 27.1. The number of rotatable bonds is 2. The molecule has 0 bridgehead atoms. The van der Waals surface area contributed by atoms with E-state index in [9.17, 15) is 0 Å². The molecule has 0 radical (unpaired) electrons. The fourth-order valence-electron chi connectivity index (χ4n) is 1.16. The number of hydrogen-bond acceptors (Lipinski definition) is 3. The van der Waals surface area contributed by atoms with Crippen LogP contribution in [-0.2, 0) is 9.47 Å². The molecule has 1 aromatic rings. The first-order chi connectivity index (χ1) is 6.70. The van der Waals surface area contributed by atoms with Crippen LogP contribution in [0.25, 0.3) is 0 Å². The van der Waals surface area contributed by atoms with Crippen LogP contribution in [0.1, 0.15) is 11.2 Å².